The summed E-state index contributed by atoms with van der Waals surface area (Å²) in [4.78, 5) is 11.0. The van der Waals surface area contributed by atoms with E-state index in [1.165, 1.54) is 11.1 Å². The zero-order chi connectivity index (χ0) is 25.5. The Bertz CT molecular complexity index is 1450. The molecule has 0 unspecified atom stereocenters. The number of pyridine rings is 2. The molecule has 3 aromatic carbocycles. The number of hydrogen-bond donors (Lipinski definition) is 2. The van der Waals surface area contributed by atoms with Crippen LogP contribution < -0.4 is 15.4 Å². The molecule has 186 valence electrons. The van der Waals surface area contributed by atoms with Gasteiger partial charge in [0.2, 0.25) is 5.88 Å². The van der Waals surface area contributed by atoms with Crippen molar-refractivity contribution >= 4 is 22.3 Å². The van der Waals surface area contributed by atoms with Crippen LogP contribution in [0.2, 0.25) is 0 Å². The molecule has 0 bridgehead atoms. The monoisotopic (exact) mass is 489 g/mol. The summed E-state index contributed by atoms with van der Waals surface area (Å²) >= 11 is 0. The Morgan fingerprint density at radius 1 is 0.784 bits per heavy atom. The van der Waals surface area contributed by atoms with Gasteiger partial charge < -0.3 is 20.3 Å². The lowest BCUT2D eigenvalue weighted by atomic mass is 10.0. The van der Waals surface area contributed by atoms with Gasteiger partial charge in [-0.25, -0.2) is 4.98 Å². The van der Waals surface area contributed by atoms with Crippen molar-refractivity contribution in [3.63, 3.8) is 0 Å². The maximum Gasteiger partial charge on any atom is 0.219 e. The van der Waals surface area contributed by atoms with E-state index < -0.39 is 0 Å². The van der Waals surface area contributed by atoms with Crippen LogP contribution in [-0.4, -0.2) is 42.1 Å². The summed E-state index contributed by atoms with van der Waals surface area (Å²) in [5.41, 5.74) is 6.55. The molecule has 6 nitrogen and oxygen atoms in total. The van der Waals surface area contributed by atoms with Crippen LogP contribution in [-0.2, 0) is 6.54 Å². The molecule has 37 heavy (non-hydrogen) atoms. The van der Waals surface area contributed by atoms with Crippen LogP contribution in [0.4, 0.5) is 11.4 Å². The van der Waals surface area contributed by atoms with E-state index in [1.807, 2.05) is 54.7 Å². The Morgan fingerprint density at radius 3 is 2.46 bits per heavy atom. The molecule has 2 N–H and O–H groups in total. The van der Waals surface area contributed by atoms with Gasteiger partial charge in [0.05, 0.1) is 5.52 Å². The molecular weight excluding hydrogens is 458 g/mol. The number of nitrogens with one attached hydrogen (secondary N) is 2. The summed E-state index contributed by atoms with van der Waals surface area (Å²) in [6.45, 7) is 2.84. The third kappa shape index (κ3) is 6.50. The van der Waals surface area contributed by atoms with Crippen molar-refractivity contribution < 1.29 is 4.74 Å². The van der Waals surface area contributed by atoms with E-state index in [2.05, 4.69) is 82.1 Å². The molecule has 0 radical (unpaired) electrons. The average Bonchev–Trinajstić information content (AvgIpc) is 2.93. The fourth-order valence-corrected chi connectivity index (χ4v) is 4.12. The van der Waals surface area contributed by atoms with E-state index in [0.717, 1.165) is 53.2 Å². The molecule has 5 aromatic rings. The van der Waals surface area contributed by atoms with Gasteiger partial charge in [-0.2, -0.15) is 0 Å². The van der Waals surface area contributed by atoms with Crippen molar-refractivity contribution in [3.8, 4) is 22.8 Å². The third-order valence-electron chi connectivity index (χ3n) is 6.06. The summed E-state index contributed by atoms with van der Waals surface area (Å²) in [6.07, 6.45) is 3.56. The predicted molar refractivity (Wildman–Crippen MR) is 151 cm³/mol. The molecule has 0 fully saturated rings. The number of hydrogen-bond acceptors (Lipinski definition) is 6. The smallest absolute Gasteiger partial charge is 0.219 e. The topological polar surface area (TPSA) is 62.3 Å². The second-order valence-electron chi connectivity index (χ2n) is 9.19. The van der Waals surface area contributed by atoms with Crippen LogP contribution in [0.5, 0.6) is 11.6 Å². The highest BCUT2D eigenvalue weighted by Crippen LogP contribution is 2.30. The molecule has 2 heterocycles. The fourth-order valence-electron chi connectivity index (χ4n) is 4.12. The number of nitrogens with zero attached hydrogens (tertiary/aromatic N) is 3. The first kappa shape index (κ1) is 24.4. The van der Waals surface area contributed by atoms with Gasteiger partial charge in [-0.3, -0.25) is 4.98 Å². The van der Waals surface area contributed by atoms with E-state index in [-0.39, 0.29) is 0 Å². The first-order valence-corrected chi connectivity index (χ1v) is 12.4. The third-order valence-corrected chi connectivity index (χ3v) is 6.06. The average molecular weight is 490 g/mol. The molecule has 0 saturated carbocycles. The van der Waals surface area contributed by atoms with Crippen LogP contribution in [0.25, 0.3) is 22.0 Å². The SMILES string of the molecule is CN(C)CCNCc1cccc(-c2ccc3c(Nc4ccc(Oc5ccccn5)cc4)ccnc3c2)c1. The summed E-state index contributed by atoms with van der Waals surface area (Å²) in [5.74, 6) is 1.31. The quantitative estimate of drug-likeness (QED) is 0.219. The first-order valence-electron chi connectivity index (χ1n) is 12.4. The second-order valence-corrected chi connectivity index (χ2v) is 9.19. The zero-order valence-electron chi connectivity index (χ0n) is 21.2. The van der Waals surface area contributed by atoms with Crippen molar-refractivity contribution in [3.05, 3.63) is 109 Å². The van der Waals surface area contributed by atoms with Gasteiger partial charge >= 0.3 is 0 Å². The van der Waals surface area contributed by atoms with Gasteiger partial charge in [-0.05, 0) is 79.3 Å². The number of fused-ring (bicyclic) bond motifs is 1. The molecular formula is C31H31N5O. The minimum Gasteiger partial charge on any atom is -0.439 e. The van der Waals surface area contributed by atoms with Crippen LogP contribution in [0.15, 0.2) is 103 Å². The Labute approximate surface area is 218 Å². The van der Waals surface area contributed by atoms with Crippen LogP contribution in [0.1, 0.15) is 5.56 Å². The molecule has 0 aliphatic carbocycles. The van der Waals surface area contributed by atoms with E-state index >= 15 is 0 Å². The first-order chi connectivity index (χ1) is 18.1. The number of benzene rings is 3. The predicted octanol–water partition coefficient (Wildman–Crippen LogP) is 6.48. The van der Waals surface area contributed by atoms with Crippen LogP contribution in [0, 0.1) is 0 Å². The highest BCUT2D eigenvalue weighted by Gasteiger charge is 2.07. The molecule has 0 amide bonds. The molecule has 0 aliphatic heterocycles. The van der Waals surface area contributed by atoms with Crippen molar-refractivity contribution in [2.24, 2.45) is 0 Å². The Morgan fingerprint density at radius 2 is 1.65 bits per heavy atom. The normalized spacial score (nSPS) is 11.1. The molecule has 6 heteroatoms. The number of aromatic nitrogens is 2. The Kier molecular flexibility index (Phi) is 7.69. The van der Waals surface area contributed by atoms with Crippen molar-refractivity contribution in [2.75, 3.05) is 32.5 Å². The summed E-state index contributed by atoms with van der Waals surface area (Å²) in [5, 5.41) is 8.11. The van der Waals surface area contributed by atoms with Crippen LogP contribution in [0.3, 0.4) is 0 Å². The van der Waals surface area contributed by atoms with Gasteiger partial charge in [0.1, 0.15) is 5.75 Å². The Hall–Kier alpha value is -4.26. The van der Waals surface area contributed by atoms with E-state index in [1.54, 1.807) is 6.20 Å². The maximum absolute atomic E-state index is 5.80. The number of ether oxygens (including phenoxy) is 1. The number of anilines is 2. The lowest BCUT2D eigenvalue weighted by Gasteiger charge is -2.12. The number of likely N-dealkylation sites (N-methyl/N-ethyl adjacent to an activating group) is 1. The molecule has 0 spiro atoms. The molecule has 0 atom stereocenters. The fraction of sp³-hybridized carbons (Fsp3) is 0.161. The summed E-state index contributed by atoms with van der Waals surface area (Å²) in [6, 6.07) is 30.6. The van der Waals surface area contributed by atoms with Crippen molar-refractivity contribution in [1.29, 1.82) is 0 Å². The molecule has 0 aliphatic rings. The second kappa shape index (κ2) is 11.6. The van der Waals surface area contributed by atoms with E-state index in [9.17, 15) is 0 Å². The largest absolute Gasteiger partial charge is 0.439 e. The lowest BCUT2D eigenvalue weighted by Crippen LogP contribution is -2.26. The van der Waals surface area contributed by atoms with Gasteiger partial charge in [0.15, 0.2) is 0 Å². The summed E-state index contributed by atoms with van der Waals surface area (Å²) < 4.78 is 5.80. The van der Waals surface area contributed by atoms with Crippen LogP contribution >= 0.6 is 0 Å². The van der Waals surface area contributed by atoms with Gasteiger partial charge in [-0.15, -0.1) is 0 Å². The highest BCUT2D eigenvalue weighted by atomic mass is 16.5. The van der Waals surface area contributed by atoms with Crippen molar-refractivity contribution in [1.82, 2.24) is 20.2 Å². The Balaban J connectivity index is 1.29. The summed E-state index contributed by atoms with van der Waals surface area (Å²) in [7, 11) is 4.18. The van der Waals surface area contributed by atoms with Gasteiger partial charge in [-0.1, -0.05) is 36.4 Å². The highest BCUT2D eigenvalue weighted by molar-refractivity contribution is 5.95. The van der Waals surface area contributed by atoms with Gasteiger partial charge in [0, 0.05) is 54.9 Å². The number of rotatable bonds is 10. The molecule has 5 rings (SSSR count). The molecule has 2 aromatic heterocycles. The van der Waals surface area contributed by atoms with E-state index in [4.69, 9.17) is 4.74 Å². The maximum atomic E-state index is 5.80. The van der Waals surface area contributed by atoms with Crippen molar-refractivity contribution in [2.45, 2.75) is 6.54 Å². The van der Waals surface area contributed by atoms with E-state index in [0.29, 0.717) is 5.88 Å². The lowest BCUT2D eigenvalue weighted by molar-refractivity contribution is 0.400. The standard InChI is InChI=1S/C31H31N5O/c1-36(2)19-18-32-22-23-6-5-7-24(20-23)25-9-14-28-29(15-17-33-30(28)21-25)35-26-10-12-27(13-11-26)37-31-8-3-4-16-34-31/h3-17,20-21,32H,18-19,22H2,1-2H3,(H,33,35). The minimum atomic E-state index is 0.574. The zero-order valence-corrected chi connectivity index (χ0v) is 21.2. The minimum absolute atomic E-state index is 0.574. The van der Waals surface area contributed by atoms with Gasteiger partial charge in [0.25, 0.3) is 0 Å². The molecule has 0 saturated heterocycles.